The van der Waals surface area contributed by atoms with Gasteiger partial charge in [-0.05, 0) is 63.6 Å². The molecule has 2 nitrogen and oxygen atoms in total. The van der Waals surface area contributed by atoms with Gasteiger partial charge >= 0.3 is 0 Å². The molecule has 0 N–H and O–H groups in total. The first kappa shape index (κ1) is 32.4. The second-order valence-electron chi connectivity index (χ2n) is 17.2. The van der Waals surface area contributed by atoms with Crippen LogP contribution in [0.15, 0.2) is 89.4 Å². The van der Waals surface area contributed by atoms with Crippen molar-refractivity contribution in [1.29, 1.82) is 0 Å². The van der Waals surface area contributed by atoms with E-state index in [0.717, 1.165) is 17.3 Å². The lowest BCUT2D eigenvalue weighted by molar-refractivity contribution is 0.591. The normalized spacial score (nSPS) is 13.7. The second kappa shape index (κ2) is 11.5. The van der Waals surface area contributed by atoms with E-state index in [-0.39, 0.29) is 5.41 Å². The Morgan fingerprint density at radius 2 is 1.04 bits per heavy atom. The highest BCUT2D eigenvalue weighted by Gasteiger charge is 2.30. The first-order valence-electron chi connectivity index (χ1n) is 17.2. The predicted octanol–water partition coefficient (Wildman–Crippen LogP) is 12.2. The molecule has 0 fully saturated rings. The summed E-state index contributed by atoms with van der Waals surface area (Å²) in [5, 5.41) is 2.85. The average molecular weight is 718 g/mol. The van der Waals surface area contributed by atoms with Crippen LogP contribution in [0.2, 0.25) is 39.3 Å². The third-order valence-corrected chi connectivity index (χ3v) is 12.7. The number of rotatable bonds is 4. The number of aromatic nitrogens is 2. The van der Waals surface area contributed by atoms with E-state index < -0.39 is 16.1 Å². The summed E-state index contributed by atoms with van der Waals surface area (Å²) in [6, 6.07) is 31.7. The second-order valence-corrected chi connectivity index (χ2v) is 29.0. The van der Waals surface area contributed by atoms with Crippen molar-refractivity contribution < 1.29 is 0 Å². The first-order valence-corrected chi connectivity index (χ1v) is 25.4. The van der Waals surface area contributed by atoms with E-state index in [4.69, 9.17) is 0 Å². The number of benzene rings is 4. The minimum atomic E-state index is -1.21. The molecule has 0 atom stereocenters. The highest BCUT2D eigenvalue weighted by Crippen LogP contribution is 2.46. The lowest BCUT2D eigenvalue weighted by atomic mass is 9.86. The zero-order valence-electron chi connectivity index (χ0n) is 29.7. The number of fused-ring (bicyclic) bond motifs is 10. The quantitative estimate of drug-likeness (QED) is 0.160. The summed E-state index contributed by atoms with van der Waals surface area (Å²) in [5.74, 6) is 0. The Bertz CT molecular complexity index is 2160. The van der Waals surface area contributed by atoms with E-state index in [1.807, 2.05) is 0 Å². The number of halogens is 1. The summed E-state index contributed by atoms with van der Waals surface area (Å²) in [7, 11) is -2.40. The van der Waals surface area contributed by atoms with Gasteiger partial charge in [0.1, 0.15) is 0 Å². The van der Waals surface area contributed by atoms with E-state index >= 15 is 0 Å². The number of nitrogens with zero attached hydrogens (tertiary/aromatic N) is 2. The van der Waals surface area contributed by atoms with Crippen LogP contribution >= 0.6 is 15.9 Å². The molecule has 242 valence electrons. The molecule has 5 heteroatoms. The summed E-state index contributed by atoms with van der Waals surface area (Å²) in [6.07, 6.45) is 4.54. The van der Waals surface area contributed by atoms with Crippen LogP contribution in [0.1, 0.15) is 48.8 Å². The zero-order chi connectivity index (χ0) is 33.5. The Hall–Kier alpha value is -3.13. The average Bonchev–Trinajstić information content (AvgIpc) is 3.70. The summed E-state index contributed by atoms with van der Waals surface area (Å²) in [4.78, 5) is 0. The van der Waals surface area contributed by atoms with Crippen LogP contribution in [0.4, 0.5) is 0 Å². The smallest absolute Gasteiger partial charge is 0.0671 e. The molecule has 0 saturated heterocycles. The summed E-state index contributed by atoms with van der Waals surface area (Å²) < 4.78 is 6.41. The molecular weight excluding hydrogens is 669 g/mol. The largest absolute Gasteiger partial charge is 0.347 e. The van der Waals surface area contributed by atoms with E-state index in [1.54, 1.807) is 0 Å². The fraction of sp³-hybridized carbons (Fsp3) is 0.333. The Kier molecular flexibility index (Phi) is 7.93. The Morgan fingerprint density at radius 3 is 1.51 bits per heavy atom. The molecule has 0 bridgehead atoms. The molecule has 0 unspecified atom stereocenters. The molecule has 2 aliphatic carbocycles. The number of hydrogen-bond acceptors (Lipinski definition) is 0. The fourth-order valence-electron chi connectivity index (χ4n) is 7.73. The molecule has 8 rings (SSSR count). The molecule has 6 aromatic rings. The maximum atomic E-state index is 3.65. The molecule has 2 aromatic heterocycles. The molecule has 0 saturated carbocycles. The minimum Gasteiger partial charge on any atom is -0.347 e. The van der Waals surface area contributed by atoms with Gasteiger partial charge in [-0.25, -0.2) is 0 Å². The van der Waals surface area contributed by atoms with Gasteiger partial charge < -0.3 is 9.13 Å². The predicted molar refractivity (Wildman–Crippen MR) is 213 cm³/mol. The first-order chi connectivity index (χ1) is 22.1. The van der Waals surface area contributed by atoms with Gasteiger partial charge in [0.2, 0.25) is 0 Å². The molecule has 0 amide bonds. The van der Waals surface area contributed by atoms with Gasteiger partial charge in [0.15, 0.2) is 0 Å². The minimum absolute atomic E-state index is 0.181. The molecule has 0 radical (unpaired) electrons. The SMILES string of the molecule is CC(C)(C)c1ccc2c(c1)c1c(n2C[Si](C)(C)C)Cc2ccccc2-1.C[Si](C)(C)Cn1c2c(c3cc(Br)ccc31)-c1ccccc1C2. The zero-order valence-corrected chi connectivity index (χ0v) is 33.3. The Morgan fingerprint density at radius 1 is 0.596 bits per heavy atom. The van der Waals surface area contributed by atoms with Gasteiger partial charge in [-0.15, -0.1) is 0 Å². The van der Waals surface area contributed by atoms with Gasteiger partial charge in [-0.2, -0.15) is 0 Å². The van der Waals surface area contributed by atoms with E-state index in [2.05, 4.69) is 170 Å². The van der Waals surface area contributed by atoms with Crippen LogP contribution in [0.25, 0.3) is 44.1 Å². The lowest BCUT2D eigenvalue weighted by Crippen LogP contribution is -2.28. The maximum absolute atomic E-state index is 3.65. The molecule has 2 aliphatic rings. The van der Waals surface area contributed by atoms with Gasteiger partial charge in [0.25, 0.3) is 0 Å². The topological polar surface area (TPSA) is 9.86 Å². The van der Waals surface area contributed by atoms with E-state index in [1.165, 1.54) is 84.5 Å². The van der Waals surface area contributed by atoms with Gasteiger partial charge in [0, 0.05) is 74.0 Å². The van der Waals surface area contributed by atoms with Crippen molar-refractivity contribution in [2.75, 3.05) is 0 Å². The highest BCUT2D eigenvalue weighted by atomic mass is 79.9. The van der Waals surface area contributed by atoms with Crippen molar-refractivity contribution in [3.05, 3.63) is 117 Å². The van der Waals surface area contributed by atoms with Crippen LogP contribution in [-0.2, 0) is 30.6 Å². The summed E-state index contributed by atoms with van der Waals surface area (Å²) in [5.41, 5.74) is 16.3. The van der Waals surface area contributed by atoms with Crippen LogP contribution in [0, 0.1) is 0 Å². The van der Waals surface area contributed by atoms with Crippen LogP contribution in [0.5, 0.6) is 0 Å². The van der Waals surface area contributed by atoms with Crippen molar-refractivity contribution in [1.82, 2.24) is 9.13 Å². The highest BCUT2D eigenvalue weighted by molar-refractivity contribution is 9.10. The van der Waals surface area contributed by atoms with E-state index in [9.17, 15) is 0 Å². The maximum Gasteiger partial charge on any atom is 0.0671 e. The van der Waals surface area contributed by atoms with Gasteiger partial charge in [-0.3, -0.25) is 0 Å². The van der Waals surface area contributed by atoms with Crippen LogP contribution in [-0.4, -0.2) is 25.3 Å². The third kappa shape index (κ3) is 6.04. The number of hydrogen-bond donors (Lipinski definition) is 0. The van der Waals surface area contributed by atoms with Gasteiger partial charge in [-0.1, -0.05) is 131 Å². The fourth-order valence-corrected chi connectivity index (χ4v) is 10.7. The molecule has 0 aliphatic heterocycles. The molecular formula is C42H49BrN2Si2. The van der Waals surface area contributed by atoms with E-state index in [0.29, 0.717) is 0 Å². The molecule has 4 aromatic carbocycles. The van der Waals surface area contributed by atoms with Crippen molar-refractivity contribution in [2.24, 2.45) is 0 Å². The van der Waals surface area contributed by atoms with Crippen molar-refractivity contribution in [3.8, 4) is 22.3 Å². The molecule has 47 heavy (non-hydrogen) atoms. The van der Waals surface area contributed by atoms with Crippen molar-refractivity contribution in [3.63, 3.8) is 0 Å². The standard InChI is InChI=1S/C23H29NSi.C19H20BrNSi/c1-23(2,3)17-11-12-20-19(14-17)22-18-10-8-7-9-16(18)13-21(22)24(20)15-25(4,5)6;1-22(2,3)12-21-17-9-8-14(20)11-16(17)19-15-7-5-4-6-13(15)10-18(19)21/h7-12,14H,13,15H2,1-6H3;4-9,11H,10,12H2,1-3H3. The monoisotopic (exact) mass is 716 g/mol. The molecule has 0 spiro atoms. The van der Waals surface area contributed by atoms with Crippen LogP contribution in [0.3, 0.4) is 0 Å². The van der Waals surface area contributed by atoms with Gasteiger partial charge in [0.05, 0.1) is 16.1 Å². The Balaban J connectivity index is 0.000000151. The van der Waals surface area contributed by atoms with Crippen LogP contribution < -0.4 is 0 Å². The summed E-state index contributed by atoms with van der Waals surface area (Å²) >= 11 is 3.65. The third-order valence-electron chi connectivity index (χ3n) is 9.72. The lowest BCUT2D eigenvalue weighted by Gasteiger charge is -2.21. The van der Waals surface area contributed by atoms with Crippen molar-refractivity contribution in [2.45, 2.75) is 90.6 Å². The molecule has 2 heterocycles. The summed E-state index contributed by atoms with van der Waals surface area (Å²) in [6.45, 7) is 21.7. The van der Waals surface area contributed by atoms with Crippen molar-refractivity contribution >= 4 is 53.9 Å². The Labute approximate surface area is 292 Å².